The zero-order chi connectivity index (χ0) is 13.1. The van der Waals surface area contributed by atoms with Crippen LogP contribution in [0.4, 0.5) is 0 Å². The Balaban J connectivity index is 1.53. The van der Waals surface area contributed by atoms with E-state index in [1.165, 1.54) is 51.9 Å². The van der Waals surface area contributed by atoms with Gasteiger partial charge in [0.2, 0.25) is 0 Å². The normalized spacial score (nSPS) is 28.7. The van der Waals surface area contributed by atoms with Crippen LogP contribution in [-0.4, -0.2) is 37.1 Å². The fraction of sp³-hybridized carbons (Fsp3) is 0.750. The fourth-order valence-electron chi connectivity index (χ4n) is 3.23. The zero-order valence-corrected chi connectivity index (χ0v) is 12.8. The van der Waals surface area contributed by atoms with Crippen molar-refractivity contribution >= 4 is 11.3 Å². The number of hydrogen-bond donors (Lipinski definition) is 1. The van der Waals surface area contributed by atoms with E-state index in [4.69, 9.17) is 0 Å². The van der Waals surface area contributed by atoms with Crippen LogP contribution in [0.2, 0.25) is 0 Å². The van der Waals surface area contributed by atoms with Crippen LogP contribution in [0.15, 0.2) is 17.5 Å². The molecule has 1 saturated heterocycles. The molecule has 1 aromatic rings. The summed E-state index contributed by atoms with van der Waals surface area (Å²) in [6, 6.07) is 5.20. The molecule has 2 nitrogen and oxygen atoms in total. The quantitative estimate of drug-likeness (QED) is 0.860. The van der Waals surface area contributed by atoms with Crippen molar-refractivity contribution in [2.24, 2.45) is 11.8 Å². The lowest BCUT2D eigenvalue weighted by molar-refractivity contribution is 0.146. The first-order valence-corrected chi connectivity index (χ1v) is 8.69. The van der Waals surface area contributed by atoms with Gasteiger partial charge in [-0.25, -0.2) is 0 Å². The molecule has 3 rings (SSSR count). The molecule has 0 amide bonds. The van der Waals surface area contributed by atoms with Crippen LogP contribution >= 0.6 is 11.3 Å². The summed E-state index contributed by atoms with van der Waals surface area (Å²) >= 11 is 1.92. The first-order valence-electron chi connectivity index (χ1n) is 7.81. The molecule has 2 unspecified atom stereocenters. The van der Waals surface area contributed by atoms with Crippen molar-refractivity contribution in [1.29, 1.82) is 0 Å². The Morgan fingerprint density at radius 2 is 2.21 bits per heavy atom. The highest BCUT2D eigenvalue weighted by Gasteiger charge is 2.28. The van der Waals surface area contributed by atoms with Crippen LogP contribution in [0.1, 0.15) is 31.1 Å². The van der Waals surface area contributed by atoms with E-state index < -0.39 is 0 Å². The van der Waals surface area contributed by atoms with E-state index in [-0.39, 0.29) is 0 Å². The van der Waals surface area contributed by atoms with Crippen molar-refractivity contribution in [3.63, 3.8) is 0 Å². The molecule has 0 radical (unpaired) electrons. The van der Waals surface area contributed by atoms with Gasteiger partial charge in [0.15, 0.2) is 0 Å². The van der Waals surface area contributed by atoms with E-state index in [1.54, 1.807) is 4.88 Å². The number of thiophene rings is 1. The number of nitrogens with one attached hydrogen (secondary N) is 1. The SMILES string of the molecule is CCN1CC(Cc2cccs2)CC(NCC2CC2)C1. The Labute approximate surface area is 121 Å². The monoisotopic (exact) mass is 278 g/mol. The summed E-state index contributed by atoms with van der Waals surface area (Å²) in [6.45, 7) is 7.29. The van der Waals surface area contributed by atoms with E-state index in [2.05, 4.69) is 34.7 Å². The third-order valence-electron chi connectivity index (χ3n) is 4.52. The Morgan fingerprint density at radius 1 is 1.32 bits per heavy atom. The zero-order valence-electron chi connectivity index (χ0n) is 12.0. The highest BCUT2D eigenvalue weighted by atomic mass is 32.1. The minimum Gasteiger partial charge on any atom is -0.312 e. The molecule has 2 aliphatic rings. The molecule has 106 valence electrons. The average Bonchev–Trinajstić information content (AvgIpc) is 3.13. The lowest BCUT2D eigenvalue weighted by Crippen LogP contribution is -2.49. The molecule has 1 saturated carbocycles. The molecular formula is C16H26N2S. The Morgan fingerprint density at radius 3 is 2.89 bits per heavy atom. The third-order valence-corrected chi connectivity index (χ3v) is 5.42. The molecule has 2 heterocycles. The predicted molar refractivity (Wildman–Crippen MR) is 82.8 cm³/mol. The maximum absolute atomic E-state index is 3.82. The van der Waals surface area contributed by atoms with Gasteiger partial charge in [-0.3, -0.25) is 0 Å². The van der Waals surface area contributed by atoms with Gasteiger partial charge in [0.1, 0.15) is 0 Å². The molecule has 1 aromatic heterocycles. The van der Waals surface area contributed by atoms with Crippen LogP contribution in [0, 0.1) is 11.8 Å². The van der Waals surface area contributed by atoms with Crippen LogP contribution < -0.4 is 5.32 Å². The average molecular weight is 278 g/mol. The second kappa shape index (κ2) is 6.38. The second-order valence-electron chi connectivity index (χ2n) is 6.29. The predicted octanol–water partition coefficient (Wildman–Crippen LogP) is 3.00. The summed E-state index contributed by atoms with van der Waals surface area (Å²) in [5, 5.41) is 6.03. The summed E-state index contributed by atoms with van der Waals surface area (Å²) in [4.78, 5) is 4.19. The Bertz CT molecular complexity index is 372. The number of rotatable bonds is 6. The molecule has 0 aromatic carbocycles. The molecule has 19 heavy (non-hydrogen) atoms. The topological polar surface area (TPSA) is 15.3 Å². The van der Waals surface area contributed by atoms with Crippen LogP contribution in [-0.2, 0) is 6.42 Å². The molecule has 1 aliphatic carbocycles. The van der Waals surface area contributed by atoms with Crippen molar-refractivity contribution in [3.8, 4) is 0 Å². The van der Waals surface area contributed by atoms with Crippen LogP contribution in [0.3, 0.4) is 0 Å². The molecule has 0 spiro atoms. The van der Waals surface area contributed by atoms with Gasteiger partial charge in [-0.05, 0) is 62.1 Å². The van der Waals surface area contributed by atoms with E-state index in [0.29, 0.717) is 0 Å². The standard InChI is InChI=1S/C16H26N2S/c1-2-18-11-14(9-16-4-3-7-19-16)8-15(12-18)17-10-13-5-6-13/h3-4,7,13-15,17H,2,5-6,8-12H2,1H3. The molecular weight excluding hydrogens is 252 g/mol. The minimum absolute atomic E-state index is 0.722. The maximum atomic E-state index is 3.82. The largest absolute Gasteiger partial charge is 0.312 e. The summed E-state index contributed by atoms with van der Waals surface area (Å²) < 4.78 is 0. The first kappa shape index (κ1) is 13.6. The highest BCUT2D eigenvalue weighted by molar-refractivity contribution is 7.09. The van der Waals surface area contributed by atoms with Gasteiger partial charge in [0.05, 0.1) is 0 Å². The number of likely N-dealkylation sites (N-methyl/N-ethyl adjacent to an activating group) is 1. The fourth-order valence-corrected chi connectivity index (χ4v) is 4.05. The van der Waals surface area contributed by atoms with Gasteiger partial charge in [-0.1, -0.05) is 13.0 Å². The van der Waals surface area contributed by atoms with Crippen LogP contribution in [0.25, 0.3) is 0 Å². The van der Waals surface area contributed by atoms with Gasteiger partial charge in [-0.2, -0.15) is 0 Å². The van der Waals surface area contributed by atoms with E-state index in [9.17, 15) is 0 Å². The van der Waals surface area contributed by atoms with Gasteiger partial charge < -0.3 is 10.2 Å². The minimum atomic E-state index is 0.722. The highest BCUT2D eigenvalue weighted by Crippen LogP contribution is 2.29. The van der Waals surface area contributed by atoms with Gasteiger partial charge in [0, 0.05) is 24.0 Å². The number of hydrogen-bond acceptors (Lipinski definition) is 3. The van der Waals surface area contributed by atoms with Crippen molar-refractivity contribution < 1.29 is 0 Å². The lowest BCUT2D eigenvalue weighted by atomic mass is 9.91. The second-order valence-corrected chi connectivity index (χ2v) is 7.32. The Kier molecular flexibility index (Phi) is 4.57. The number of likely N-dealkylation sites (tertiary alicyclic amines) is 1. The molecule has 0 bridgehead atoms. The molecule has 2 atom stereocenters. The van der Waals surface area contributed by atoms with Crippen LogP contribution in [0.5, 0.6) is 0 Å². The lowest BCUT2D eigenvalue weighted by Gasteiger charge is -2.37. The van der Waals surface area contributed by atoms with Crippen molar-refractivity contribution in [2.75, 3.05) is 26.2 Å². The number of piperidine rings is 1. The van der Waals surface area contributed by atoms with Gasteiger partial charge in [-0.15, -0.1) is 11.3 Å². The molecule has 1 aliphatic heterocycles. The smallest absolute Gasteiger partial charge is 0.0198 e. The first-order chi connectivity index (χ1) is 9.33. The van der Waals surface area contributed by atoms with E-state index >= 15 is 0 Å². The number of nitrogens with zero attached hydrogens (tertiary/aromatic N) is 1. The molecule has 2 fully saturated rings. The Hall–Kier alpha value is -0.380. The molecule has 3 heteroatoms. The third kappa shape index (κ3) is 4.04. The van der Waals surface area contributed by atoms with Crippen molar-refractivity contribution in [2.45, 2.75) is 38.6 Å². The van der Waals surface area contributed by atoms with Gasteiger partial charge >= 0.3 is 0 Å². The van der Waals surface area contributed by atoms with Crippen molar-refractivity contribution in [1.82, 2.24) is 10.2 Å². The summed E-state index contributed by atoms with van der Waals surface area (Å²) in [5.74, 6) is 1.83. The van der Waals surface area contributed by atoms with E-state index in [1.807, 2.05) is 11.3 Å². The molecule has 1 N–H and O–H groups in total. The van der Waals surface area contributed by atoms with E-state index in [0.717, 1.165) is 17.9 Å². The summed E-state index contributed by atoms with van der Waals surface area (Å²) in [5.41, 5.74) is 0. The van der Waals surface area contributed by atoms with Crippen molar-refractivity contribution in [3.05, 3.63) is 22.4 Å². The van der Waals surface area contributed by atoms with Gasteiger partial charge in [0.25, 0.3) is 0 Å². The summed E-state index contributed by atoms with van der Waals surface area (Å²) in [7, 11) is 0. The maximum Gasteiger partial charge on any atom is 0.0198 e. The summed E-state index contributed by atoms with van der Waals surface area (Å²) in [6.07, 6.45) is 5.54.